The van der Waals surface area contributed by atoms with E-state index in [-0.39, 0.29) is 11.7 Å². The molecule has 1 N–H and O–H groups in total. The molecule has 0 bridgehead atoms. The summed E-state index contributed by atoms with van der Waals surface area (Å²) in [6.07, 6.45) is 0. The van der Waals surface area contributed by atoms with Gasteiger partial charge in [-0.1, -0.05) is 23.9 Å². The number of carbonyl (C=O) groups excluding carboxylic acids is 1. The molecule has 0 fully saturated rings. The van der Waals surface area contributed by atoms with E-state index in [4.69, 9.17) is 4.74 Å². The second-order valence-corrected chi connectivity index (χ2v) is 7.92. The maximum absolute atomic E-state index is 12.5. The molecule has 0 unspecified atom stereocenters. The molecule has 7 heteroatoms. The normalized spacial score (nSPS) is 11.2. The average Bonchev–Trinajstić information content (AvgIpc) is 3.15. The van der Waals surface area contributed by atoms with Gasteiger partial charge >= 0.3 is 0 Å². The van der Waals surface area contributed by atoms with E-state index in [0.717, 1.165) is 44.7 Å². The first-order valence-electron chi connectivity index (χ1n) is 9.29. The topological polar surface area (TPSA) is 68.5 Å². The van der Waals surface area contributed by atoms with Crippen LogP contribution in [0.15, 0.2) is 47.6 Å². The lowest BCUT2D eigenvalue weighted by Crippen LogP contribution is -2.15. The molecule has 148 valence electrons. The average molecular weight is 407 g/mol. The number of amides is 1. The van der Waals surface area contributed by atoms with E-state index in [1.807, 2.05) is 61.6 Å². The Hall–Kier alpha value is -3.06. The van der Waals surface area contributed by atoms with Crippen LogP contribution in [-0.2, 0) is 4.79 Å². The summed E-state index contributed by atoms with van der Waals surface area (Å²) in [7, 11) is 1.64. The highest BCUT2D eigenvalue weighted by atomic mass is 32.2. The summed E-state index contributed by atoms with van der Waals surface area (Å²) >= 11 is 1.37. The van der Waals surface area contributed by atoms with Crippen molar-refractivity contribution in [2.75, 3.05) is 18.2 Å². The Bertz CT molecular complexity index is 1230. The van der Waals surface area contributed by atoms with Crippen LogP contribution in [0.4, 0.5) is 5.69 Å². The number of thioether (sulfide) groups is 1. The lowest BCUT2D eigenvalue weighted by molar-refractivity contribution is -0.113. The van der Waals surface area contributed by atoms with Gasteiger partial charge in [0.15, 0.2) is 10.8 Å². The fourth-order valence-electron chi connectivity index (χ4n) is 3.30. The number of benzene rings is 2. The third-order valence-electron chi connectivity index (χ3n) is 5.05. The van der Waals surface area contributed by atoms with E-state index < -0.39 is 0 Å². The van der Waals surface area contributed by atoms with Crippen LogP contribution in [0, 0.1) is 20.8 Å². The third kappa shape index (κ3) is 3.65. The van der Waals surface area contributed by atoms with Crippen molar-refractivity contribution < 1.29 is 9.53 Å². The van der Waals surface area contributed by atoms with Crippen molar-refractivity contribution in [3.63, 3.8) is 0 Å². The minimum absolute atomic E-state index is 0.0741. The largest absolute Gasteiger partial charge is 0.497 e. The van der Waals surface area contributed by atoms with Gasteiger partial charge in [-0.05, 0) is 67.1 Å². The molecule has 6 nitrogen and oxygen atoms in total. The van der Waals surface area contributed by atoms with Crippen molar-refractivity contribution in [3.8, 4) is 5.75 Å². The van der Waals surface area contributed by atoms with Gasteiger partial charge in [0, 0.05) is 11.8 Å². The summed E-state index contributed by atoms with van der Waals surface area (Å²) in [5.74, 6) is 0.933. The number of hydrogen-bond donors (Lipinski definition) is 1. The molecule has 0 radical (unpaired) electrons. The number of ether oxygens (including phenoxy) is 1. The second kappa shape index (κ2) is 7.75. The Morgan fingerprint density at radius 2 is 1.93 bits per heavy atom. The van der Waals surface area contributed by atoms with Gasteiger partial charge in [0.2, 0.25) is 5.91 Å². The smallest absolute Gasteiger partial charge is 0.234 e. The van der Waals surface area contributed by atoms with E-state index in [1.165, 1.54) is 11.8 Å². The van der Waals surface area contributed by atoms with E-state index in [0.29, 0.717) is 5.16 Å². The maximum atomic E-state index is 12.5. The number of nitrogens with one attached hydrogen (secondary N) is 1. The van der Waals surface area contributed by atoms with Crippen LogP contribution in [0.25, 0.3) is 16.6 Å². The van der Waals surface area contributed by atoms with Gasteiger partial charge in [-0.3, -0.25) is 9.20 Å². The predicted molar refractivity (Wildman–Crippen MR) is 117 cm³/mol. The molecule has 4 rings (SSSR count). The molecule has 0 saturated carbocycles. The monoisotopic (exact) mass is 406 g/mol. The minimum Gasteiger partial charge on any atom is -0.497 e. The molecule has 0 aliphatic rings. The van der Waals surface area contributed by atoms with Gasteiger partial charge in [0.1, 0.15) is 5.75 Å². The molecule has 0 atom stereocenters. The van der Waals surface area contributed by atoms with E-state index in [2.05, 4.69) is 21.6 Å². The Labute approximate surface area is 173 Å². The number of rotatable bonds is 5. The number of fused-ring (bicyclic) bond motifs is 3. The zero-order chi connectivity index (χ0) is 20.5. The number of hydrogen-bond acceptors (Lipinski definition) is 5. The molecule has 0 spiro atoms. The van der Waals surface area contributed by atoms with E-state index in [1.54, 1.807) is 7.11 Å². The van der Waals surface area contributed by atoms with Gasteiger partial charge in [0.05, 0.1) is 18.4 Å². The number of aryl methyl sites for hydroxylation is 2. The van der Waals surface area contributed by atoms with Crippen molar-refractivity contribution in [1.29, 1.82) is 0 Å². The molecule has 2 heterocycles. The van der Waals surface area contributed by atoms with Gasteiger partial charge in [-0.25, -0.2) is 0 Å². The molecule has 2 aromatic heterocycles. The van der Waals surface area contributed by atoms with Gasteiger partial charge in [0.25, 0.3) is 0 Å². The van der Waals surface area contributed by atoms with Crippen LogP contribution in [0.2, 0.25) is 0 Å². The standard InChI is InChI=1S/C22H22N4O2S/c1-13-6-5-7-18(15(13)3)23-20(27)12-29-22-25-24-21-14(2)10-16-8-9-17(28-4)11-19(16)26(21)22/h5-11H,12H2,1-4H3,(H,23,27). The van der Waals surface area contributed by atoms with Crippen LogP contribution in [-0.4, -0.2) is 33.4 Å². The number of methoxy groups -OCH3 is 1. The Morgan fingerprint density at radius 1 is 1.10 bits per heavy atom. The molecule has 4 aromatic rings. The SMILES string of the molecule is COc1ccc2cc(C)c3nnc(SCC(=O)Nc4cccc(C)c4C)n3c2c1. The highest BCUT2D eigenvalue weighted by Crippen LogP contribution is 2.28. The van der Waals surface area contributed by atoms with Crippen LogP contribution in [0.3, 0.4) is 0 Å². The summed E-state index contributed by atoms with van der Waals surface area (Å²) in [5.41, 5.74) is 5.83. The zero-order valence-corrected chi connectivity index (χ0v) is 17.6. The quantitative estimate of drug-likeness (QED) is 0.493. The predicted octanol–water partition coefficient (Wildman–Crippen LogP) is 4.55. The maximum Gasteiger partial charge on any atom is 0.234 e. The Kier molecular flexibility index (Phi) is 5.15. The molecular weight excluding hydrogens is 384 g/mol. The molecule has 0 aliphatic carbocycles. The summed E-state index contributed by atoms with van der Waals surface area (Å²) < 4.78 is 7.37. The lowest BCUT2D eigenvalue weighted by atomic mass is 10.1. The summed E-state index contributed by atoms with van der Waals surface area (Å²) in [4.78, 5) is 12.5. The molecule has 1 amide bonds. The fraction of sp³-hybridized carbons (Fsp3) is 0.227. The van der Waals surface area contributed by atoms with Crippen molar-refractivity contribution in [3.05, 3.63) is 59.2 Å². The molecule has 0 aliphatic heterocycles. The van der Waals surface area contributed by atoms with Crippen LogP contribution < -0.4 is 10.1 Å². The number of nitrogens with zero attached hydrogens (tertiary/aromatic N) is 3. The van der Waals surface area contributed by atoms with Crippen molar-refractivity contribution >= 4 is 39.9 Å². The fourth-order valence-corrected chi connectivity index (χ4v) is 4.05. The first kappa shape index (κ1) is 19.3. The van der Waals surface area contributed by atoms with E-state index >= 15 is 0 Å². The first-order valence-corrected chi connectivity index (χ1v) is 10.3. The summed E-state index contributed by atoms with van der Waals surface area (Å²) in [6, 6.07) is 13.9. The van der Waals surface area contributed by atoms with Gasteiger partial charge in [-0.15, -0.1) is 10.2 Å². The summed E-state index contributed by atoms with van der Waals surface area (Å²) in [6.45, 7) is 6.05. The van der Waals surface area contributed by atoms with Crippen LogP contribution in [0.5, 0.6) is 5.75 Å². The van der Waals surface area contributed by atoms with Crippen molar-refractivity contribution in [1.82, 2.24) is 14.6 Å². The van der Waals surface area contributed by atoms with Crippen molar-refractivity contribution in [2.24, 2.45) is 0 Å². The first-order chi connectivity index (χ1) is 14.0. The zero-order valence-electron chi connectivity index (χ0n) is 16.8. The number of aromatic nitrogens is 3. The Balaban J connectivity index is 1.62. The number of anilines is 1. The van der Waals surface area contributed by atoms with E-state index in [9.17, 15) is 4.79 Å². The molecule has 0 saturated heterocycles. The van der Waals surface area contributed by atoms with Crippen LogP contribution in [0.1, 0.15) is 16.7 Å². The van der Waals surface area contributed by atoms with Crippen LogP contribution >= 0.6 is 11.8 Å². The number of carbonyl (C=O) groups is 1. The van der Waals surface area contributed by atoms with Gasteiger partial charge in [-0.2, -0.15) is 0 Å². The molecule has 29 heavy (non-hydrogen) atoms. The minimum atomic E-state index is -0.0741. The highest BCUT2D eigenvalue weighted by molar-refractivity contribution is 7.99. The van der Waals surface area contributed by atoms with Crippen molar-refractivity contribution in [2.45, 2.75) is 25.9 Å². The van der Waals surface area contributed by atoms with Gasteiger partial charge < -0.3 is 10.1 Å². The Morgan fingerprint density at radius 3 is 2.72 bits per heavy atom. The second-order valence-electron chi connectivity index (χ2n) is 6.98. The summed E-state index contributed by atoms with van der Waals surface area (Å²) in [5, 5.41) is 13.4. The lowest BCUT2D eigenvalue weighted by Gasteiger charge is -2.10. The third-order valence-corrected chi connectivity index (χ3v) is 5.98. The molecule has 2 aromatic carbocycles. The molecular formula is C22H22N4O2S. The highest BCUT2D eigenvalue weighted by Gasteiger charge is 2.15. The number of pyridine rings is 1.